The van der Waals surface area contributed by atoms with Crippen LogP contribution in [0.15, 0.2) is 48.5 Å². The molecular formula is C15H13FO3. The van der Waals surface area contributed by atoms with E-state index in [1.807, 2.05) is 0 Å². The molecule has 0 aliphatic rings. The third-order valence-corrected chi connectivity index (χ3v) is 2.68. The van der Waals surface area contributed by atoms with E-state index in [1.165, 1.54) is 18.2 Å². The molecule has 2 aromatic rings. The molecule has 0 fully saturated rings. The van der Waals surface area contributed by atoms with Crippen molar-refractivity contribution in [2.75, 3.05) is 6.61 Å². The van der Waals surface area contributed by atoms with Crippen LogP contribution < -0.4 is 4.74 Å². The first-order valence-corrected chi connectivity index (χ1v) is 5.81. The number of ketones is 1. The Bertz CT molecular complexity index is 581. The van der Waals surface area contributed by atoms with E-state index in [9.17, 15) is 9.18 Å². The summed E-state index contributed by atoms with van der Waals surface area (Å²) >= 11 is 0. The van der Waals surface area contributed by atoms with Gasteiger partial charge in [-0.1, -0.05) is 30.3 Å². The molecule has 0 atom stereocenters. The maximum Gasteiger partial charge on any atom is 0.203 e. The first kappa shape index (κ1) is 13.2. The van der Waals surface area contributed by atoms with Gasteiger partial charge in [0.05, 0.1) is 12.2 Å². The Morgan fingerprint density at radius 3 is 2.53 bits per heavy atom. The minimum Gasteiger partial charge on any atom is -0.485 e. The maximum atomic E-state index is 13.4. The zero-order chi connectivity index (χ0) is 13.7. The van der Waals surface area contributed by atoms with E-state index in [-0.39, 0.29) is 18.8 Å². The van der Waals surface area contributed by atoms with Gasteiger partial charge in [-0.25, -0.2) is 4.39 Å². The molecule has 0 saturated heterocycles. The highest BCUT2D eigenvalue weighted by atomic mass is 19.1. The van der Waals surface area contributed by atoms with Gasteiger partial charge in [0.25, 0.3) is 0 Å². The van der Waals surface area contributed by atoms with Crippen molar-refractivity contribution >= 4 is 5.78 Å². The highest BCUT2D eigenvalue weighted by Gasteiger charge is 2.12. The van der Waals surface area contributed by atoms with Crippen LogP contribution in [0.5, 0.6) is 5.75 Å². The number of halogens is 1. The minimum atomic E-state index is -0.563. The van der Waals surface area contributed by atoms with Crippen molar-refractivity contribution in [1.82, 2.24) is 0 Å². The molecule has 98 valence electrons. The van der Waals surface area contributed by atoms with Crippen molar-refractivity contribution in [2.45, 2.75) is 6.61 Å². The van der Waals surface area contributed by atoms with E-state index in [0.717, 1.165) is 0 Å². The largest absolute Gasteiger partial charge is 0.485 e. The third kappa shape index (κ3) is 3.17. The van der Waals surface area contributed by atoms with Crippen LogP contribution in [-0.4, -0.2) is 17.5 Å². The summed E-state index contributed by atoms with van der Waals surface area (Å²) in [6, 6.07) is 12.6. The highest BCUT2D eigenvalue weighted by molar-refractivity contribution is 5.97. The van der Waals surface area contributed by atoms with Gasteiger partial charge < -0.3 is 9.84 Å². The Labute approximate surface area is 110 Å². The number of benzene rings is 2. The van der Waals surface area contributed by atoms with Gasteiger partial charge in [0.1, 0.15) is 11.6 Å². The number of carbonyl (C=O) groups is 1. The van der Waals surface area contributed by atoms with Crippen LogP contribution in [0.1, 0.15) is 15.9 Å². The molecule has 0 heterocycles. The van der Waals surface area contributed by atoms with Gasteiger partial charge in [-0.2, -0.15) is 0 Å². The molecular weight excluding hydrogens is 247 g/mol. The van der Waals surface area contributed by atoms with Crippen LogP contribution in [0, 0.1) is 5.82 Å². The molecule has 0 aliphatic carbocycles. The van der Waals surface area contributed by atoms with Crippen LogP contribution in [0.4, 0.5) is 4.39 Å². The fourth-order valence-electron chi connectivity index (χ4n) is 1.68. The lowest BCUT2D eigenvalue weighted by atomic mass is 10.1. The van der Waals surface area contributed by atoms with E-state index in [4.69, 9.17) is 9.84 Å². The van der Waals surface area contributed by atoms with E-state index in [0.29, 0.717) is 11.3 Å². The molecule has 0 unspecified atom stereocenters. The molecule has 0 saturated carbocycles. The van der Waals surface area contributed by atoms with Crippen LogP contribution in [0.25, 0.3) is 0 Å². The predicted molar refractivity (Wildman–Crippen MR) is 68.6 cm³/mol. The predicted octanol–water partition coefficient (Wildman–Crippen LogP) is 2.58. The number of aliphatic hydroxyl groups excluding tert-OH is 1. The lowest BCUT2D eigenvalue weighted by Crippen LogP contribution is -2.13. The number of para-hydroxylation sites is 1. The molecule has 0 bridgehead atoms. The van der Waals surface area contributed by atoms with Crippen LogP contribution in [0.3, 0.4) is 0 Å². The van der Waals surface area contributed by atoms with E-state index in [2.05, 4.69) is 0 Å². The SMILES string of the molecule is O=C(COc1ccccc1CO)c1ccccc1F. The lowest BCUT2D eigenvalue weighted by molar-refractivity contribution is 0.0915. The molecule has 2 rings (SSSR count). The second-order valence-electron chi connectivity index (χ2n) is 3.96. The van der Waals surface area contributed by atoms with Crippen LogP contribution in [0.2, 0.25) is 0 Å². The van der Waals surface area contributed by atoms with Gasteiger partial charge >= 0.3 is 0 Å². The Morgan fingerprint density at radius 2 is 1.79 bits per heavy atom. The zero-order valence-electron chi connectivity index (χ0n) is 10.2. The number of Topliss-reactive ketones (excluding diaryl/α,β-unsaturated/α-hetero) is 1. The number of rotatable bonds is 5. The first-order chi connectivity index (χ1) is 9.22. The third-order valence-electron chi connectivity index (χ3n) is 2.68. The maximum absolute atomic E-state index is 13.4. The molecule has 0 radical (unpaired) electrons. The van der Waals surface area contributed by atoms with E-state index >= 15 is 0 Å². The summed E-state index contributed by atoms with van der Waals surface area (Å²) in [7, 11) is 0. The first-order valence-electron chi connectivity index (χ1n) is 5.81. The topological polar surface area (TPSA) is 46.5 Å². The number of hydrogen-bond acceptors (Lipinski definition) is 3. The molecule has 2 aromatic carbocycles. The van der Waals surface area contributed by atoms with Crippen molar-refractivity contribution < 1.29 is 19.0 Å². The van der Waals surface area contributed by atoms with Gasteiger partial charge in [-0.3, -0.25) is 4.79 Å². The van der Waals surface area contributed by atoms with Crippen molar-refractivity contribution in [3.8, 4) is 5.75 Å². The molecule has 0 aromatic heterocycles. The average molecular weight is 260 g/mol. The average Bonchev–Trinajstić information content (AvgIpc) is 2.45. The summed E-state index contributed by atoms with van der Waals surface area (Å²) in [5.41, 5.74) is 0.591. The second kappa shape index (κ2) is 6.11. The quantitative estimate of drug-likeness (QED) is 0.840. The Balaban J connectivity index is 2.07. The fraction of sp³-hybridized carbons (Fsp3) is 0.133. The number of aliphatic hydroxyl groups is 1. The molecule has 0 spiro atoms. The molecule has 19 heavy (non-hydrogen) atoms. The van der Waals surface area contributed by atoms with Gasteiger partial charge in [-0.15, -0.1) is 0 Å². The van der Waals surface area contributed by atoms with Crippen molar-refractivity contribution in [3.05, 3.63) is 65.5 Å². The van der Waals surface area contributed by atoms with Gasteiger partial charge in [0.2, 0.25) is 5.78 Å². The highest BCUT2D eigenvalue weighted by Crippen LogP contribution is 2.18. The Kier molecular flexibility index (Phi) is 4.26. The number of hydrogen-bond donors (Lipinski definition) is 1. The molecule has 3 nitrogen and oxygen atoms in total. The van der Waals surface area contributed by atoms with Crippen molar-refractivity contribution in [3.63, 3.8) is 0 Å². The summed E-state index contributed by atoms with van der Waals surface area (Å²) in [5.74, 6) is -0.577. The molecule has 1 N–H and O–H groups in total. The minimum absolute atomic E-state index is 0.00368. The van der Waals surface area contributed by atoms with Crippen LogP contribution in [-0.2, 0) is 6.61 Å². The standard InChI is InChI=1S/C15H13FO3/c16-13-7-3-2-6-12(13)14(18)10-19-15-8-4-1-5-11(15)9-17/h1-8,17H,9-10H2. The fourth-order valence-corrected chi connectivity index (χ4v) is 1.68. The summed E-state index contributed by atoms with van der Waals surface area (Å²) in [5, 5.41) is 9.12. The molecule has 0 aliphatic heterocycles. The van der Waals surface area contributed by atoms with Crippen molar-refractivity contribution in [1.29, 1.82) is 0 Å². The van der Waals surface area contributed by atoms with Crippen LogP contribution >= 0.6 is 0 Å². The molecule has 4 heteroatoms. The zero-order valence-corrected chi connectivity index (χ0v) is 10.2. The summed E-state index contributed by atoms with van der Waals surface area (Å²) in [6.07, 6.45) is 0. The van der Waals surface area contributed by atoms with Crippen molar-refractivity contribution in [2.24, 2.45) is 0 Å². The number of carbonyl (C=O) groups excluding carboxylic acids is 1. The summed E-state index contributed by atoms with van der Waals surface area (Å²) < 4.78 is 18.7. The number of ether oxygens (including phenoxy) is 1. The Morgan fingerprint density at radius 1 is 1.11 bits per heavy atom. The normalized spacial score (nSPS) is 10.2. The monoisotopic (exact) mass is 260 g/mol. The second-order valence-corrected chi connectivity index (χ2v) is 3.96. The Hall–Kier alpha value is -2.20. The van der Waals surface area contributed by atoms with Gasteiger partial charge in [-0.05, 0) is 18.2 Å². The molecule has 0 amide bonds. The lowest BCUT2D eigenvalue weighted by Gasteiger charge is -2.09. The smallest absolute Gasteiger partial charge is 0.203 e. The van der Waals surface area contributed by atoms with Gasteiger partial charge in [0, 0.05) is 5.56 Å². The van der Waals surface area contributed by atoms with Gasteiger partial charge in [0.15, 0.2) is 6.61 Å². The van der Waals surface area contributed by atoms with E-state index in [1.54, 1.807) is 30.3 Å². The summed E-state index contributed by atoms with van der Waals surface area (Å²) in [6.45, 7) is -0.442. The summed E-state index contributed by atoms with van der Waals surface area (Å²) in [4.78, 5) is 11.8. The van der Waals surface area contributed by atoms with E-state index < -0.39 is 11.6 Å².